The van der Waals surface area contributed by atoms with E-state index in [-0.39, 0.29) is 18.4 Å². The summed E-state index contributed by atoms with van der Waals surface area (Å²) < 4.78 is 5.66. The number of nitrogens with zero attached hydrogens (tertiary/aromatic N) is 1. The molecular formula is C16H16N2O2S2. The molecule has 0 spiro atoms. The molecule has 1 unspecified atom stereocenters. The van der Waals surface area contributed by atoms with Crippen LogP contribution < -0.4 is 5.32 Å². The zero-order valence-electron chi connectivity index (χ0n) is 12.3. The maximum absolute atomic E-state index is 12.2. The summed E-state index contributed by atoms with van der Waals surface area (Å²) in [6, 6.07) is 7.92. The number of aromatic nitrogens is 1. The lowest BCUT2D eigenvalue weighted by Gasteiger charge is -2.11. The second-order valence-electron chi connectivity index (χ2n) is 4.98. The fourth-order valence-corrected chi connectivity index (χ4v) is 3.53. The number of amides is 1. The highest BCUT2D eigenvalue weighted by Gasteiger charge is 2.17. The molecule has 0 saturated carbocycles. The molecule has 0 saturated heterocycles. The summed E-state index contributed by atoms with van der Waals surface area (Å²) in [5, 5.41) is 6.98. The maximum Gasteiger partial charge on any atom is 0.236 e. The topological polar surface area (TPSA) is 55.1 Å². The SMILES string of the molecule is Cc1oc(-c2cccs2)nc1CC(=O)NC(C)c1cccs1. The van der Waals surface area contributed by atoms with E-state index in [2.05, 4.69) is 10.3 Å². The molecule has 0 aliphatic carbocycles. The molecule has 0 radical (unpaired) electrons. The first-order valence-electron chi connectivity index (χ1n) is 6.96. The van der Waals surface area contributed by atoms with Crippen LogP contribution in [0.25, 0.3) is 10.8 Å². The van der Waals surface area contributed by atoms with Crippen molar-refractivity contribution in [3.63, 3.8) is 0 Å². The van der Waals surface area contributed by atoms with Crippen molar-refractivity contribution in [2.45, 2.75) is 26.3 Å². The summed E-state index contributed by atoms with van der Waals surface area (Å²) in [5.41, 5.74) is 0.694. The fraction of sp³-hybridized carbons (Fsp3) is 0.250. The first-order valence-corrected chi connectivity index (χ1v) is 8.72. The first kappa shape index (κ1) is 15.0. The second kappa shape index (κ2) is 6.46. The summed E-state index contributed by atoms with van der Waals surface area (Å²) in [6.45, 7) is 3.83. The molecule has 3 aromatic rings. The van der Waals surface area contributed by atoms with E-state index in [0.29, 0.717) is 17.3 Å². The molecule has 3 heterocycles. The van der Waals surface area contributed by atoms with Gasteiger partial charge >= 0.3 is 0 Å². The molecule has 0 bridgehead atoms. The monoisotopic (exact) mass is 332 g/mol. The van der Waals surface area contributed by atoms with Crippen LogP contribution in [0.15, 0.2) is 39.4 Å². The zero-order valence-corrected chi connectivity index (χ0v) is 14.0. The summed E-state index contributed by atoms with van der Waals surface area (Å²) in [4.78, 5) is 18.7. The van der Waals surface area contributed by atoms with E-state index in [1.165, 1.54) is 0 Å². The Labute approximate surface area is 136 Å². The summed E-state index contributed by atoms with van der Waals surface area (Å²) >= 11 is 3.21. The number of aryl methyl sites for hydroxylation is 1. The Morgan fingerprint density at radius 3 is 2.77 bits per heavy atom. The normalized spacial score (nSPS) is 12.3. The number of carbonyl (C=O) groups is 1. The molecule has 0 aromatic carbocycles. The number of thiophene rings is 2. The molecule has 22 heavy (non-hydrogen) atoms. The van der Waals surface area contributed by atoms with Gasteiger partial charge in [-0.15, -0.1) is 22.7 Å². The Morgan fingerprint density at radius 1 is 1.32 bits per heavy atom. The van der Waals surface area contributed by atoms with Gasteiger partial charge in [-0.1, -0.05) is 12.1 Å². The van der Waals surface area contributed by atoms with Crippen LogP contribution in [0.5, 0.6) is 0 Å². The molecule has 1 amide bonds. The van der Waals surface area contributed by atoms with Gasteiger partial charge in [0.25, 0.3) is 0 Å². The van der Waals surface area contributed by atoms with E-state index < -0.39 is 0 Å². The van der Waals surface area contributed by atoms with Crippen LogP contribution in [0.2, 0.25) is 0 Å². The van der Waals surface area contributed by atoms with Crippen molar-refractivity contribution < 1.29 is 9.21 Å². The van der Waals surface area contributed by atoms with Gasteiger partial charge in [0.05, 0.1) is 23.0 Å². The smallest absolute Gasteiger partial charge is 0.236 e. The summed E-state index contributed by atoms with van der Waals surface area (Å²) in [6.07, 6.45) is 0.233. The van der Waals surface area contributed by atoms with Crippen molar-refractivity contribution in [2.24, 2.45) is 0 Å². The molecule has 114 valence electrons. The lowest BCUT2D eigenvalue weighted by molar-refractivity contribution is -0.121. The molecule has 4 nitrogen and oxygen atoms in total. The molecule has 0 aliphatic heterocycles. The highest BCUT2D eigenvalue weighted by molar-refractivity contribution is 7.13. The standard InChI is InChI=1S/C16H16N2O2S2/c1-10(13-5-3-7-21-13)17-15(19)9-12-11(2)20-16(18-12)14-6-4-8-22-14/h3-8,10H,9H2,1-2H3,(H,17,19). The summed E-state index contributed by atoms with van der Waals surface area (Å²) in [7, 11) is 0. The molecule has 0 fully saturated rings. The average molecular weight is 332 g/mol. The van der Waals surface area contributed by atoms with Gasteiger partial charge in [0.1, 0.15) is 5.76 Å². The molecule has 0 aliphatic rings. The van der Waals surface area contributed by atoms with Gasteiger partial charge < -0.3 is 9.73 Å². The van der Waals surface area contributed by atoms with Gasteiger partial charge in [-0.2, -0.15) is 0 Å². The average Bonchev–Trinajstić information content (AvgIpc) is 3.19. The summed E-state index contributed by atoms with van der Waals surface area (Å²) in [5.74, 6) is 1.24. The highest BCUT2D eigenvalue weighted by atomic mass is 32.1. The Hall–Kier alpha value is -1.92. The molecular weight excluding hydrogens is 316 g/mol. The third-order valence-electron chi connectivity index (χ3n) is 3.30. The predicted octanol–water partition coefficient (Wildman–Crippen LogP) is 4.19. The van der Waals surface area contributed by atoms with E-state index >= 15 is 0 Å². The Morgan fingerprint density at radius 2 is 2.09 bits per heavy atom. The Balaban J connectivity index is 1.67. The molecule has 1 atom stereocenters. The first-order chi connectivity index (χ1) is 10.6. The van der Waals surface area contributed by atoms with Crippen molar-refractivity contribution >= 4 is 28.6 Å². The fourth-order valence-electron chi connectivity index (χ4n) is 2.15. The zero-order chi connectivity index (χ0) is 15.5. The van der Waals surface area contributed by atoms with Gasteiger partial charge in [-0.3, -0.25) is 4.79 Å². The van der Waals surface area contributed by atoms with Crippen LogP contribution in [-0.4, -0.2) is 10.9 Å². The maximum atomic E-state index is 12.2. The quantitative estimate of drug-likeness (QED) is 0.762. The van der Waals surface area contributed by atoms with E-state index in [0.717, 1.165) is 9.75 Å². The van der Waals surface area contributed by atoms with E-state index in [9.17, 15) is 4.79 Å². The van der Waals surface area contributed by atoms with Gasteiger partial charge in [-0.05, 0) is 36.7 Å². The Kier molecular flexibility index (Phi) is 4.40. The van der Waals surface area contributed by atoms with Gasteiger partial charge in [0, 0.05) is 4.88 Å². The van der Waals surface area contributed by atoms with Crippen LogP contribution in [0, 0.1) is 6.92 Å². The van der Waals surface area contributed by atoms with E-state index in [1.54, 1.807) is 22.7 Å². The predicted molar refractivity (Wildman–Crippen MR) is 89.1 cm³/mol. The van der Waals surface area contributed by atoms with Crippen molar-refractivity contribution in [2.75, 3.05) is 0 Å². The van der Waals surface area contributed by atoms with Crippen molar-refractivity contribution in [3.05, 3.63) is 51.4 Å². The minimum Gasteiger partial charge on any atom is -0.440 e. The van der Waals surface area contributed by atoms with Crippen LogP contribution in [0.3, 0.4) is 0 Å². The van der Waals surface area contributed by atoms with Gasteiger partial charge in [0.2, 0.25) is 11.8 Å². The lowest BCUT2D eigenvalue weighted by atomic mass is 10.2. The number of carbonyl (C=O) groups excluding carboxylic acids is 1. The number of hydrogen-bond acceptors (Lipinski definition) is 5. The van der Waals surface area contributed by atoms with E-state index in [1.807, 2.05) is 48.9 Å². The third-order valence-corrected chi connectivity index (χ3v) is 5.21. The highest BCUT2D eigenvalue weighted by Crippen LogP contribution is 2.26. The van der Waals surface area contributed by atoms with Crippen LogP contribution in [0.1, 0.15) is 29.3 Å². The number of oxazole rings is 1. The molecule has 3 rings (SSSR count). The minimum absolute atomic E-state index is 0.0106. The van der Waals surface area contributed by atoms with Crippen molar-refractivity contribution in [1.82, 2.24) is 10.3 Å². The van der Waals surface area contributed by atoms with E-state index in [4.69, 9.17) is 4.42 Å². The number of hydrogen-bond donors (Lipinski definition) is 1. The molecule has 3 aromatic heterocycles. The van der Waals surface area contributed by atoms with Crippen LogP contribution in [-0.2, 0) is 11.2 Å². The van der Waals surface area contributed by atoms with Gasteiger partial charge in [-0.25, -0.2) is 4.98 Å². The lowest BCUT2D eigenvalue weighted by Crippen LogP contribution is -2.27. The number of rotatable bonds is 5. The molecule has 1 N–H and O–H groups in total. The van der Waals surface area contributed by atoms with Crippen molar-refractivity contribution in [1.29, 1.82) is 0 Å². The van der Waals surface area contributed by atoms with Crippen molar-refractivity contribution in [3.8, 4) is 10.8 Å². The van der Waals surface area contributed by atoms with Crippen LogP contribution >= 0.6 is 22.7 Å². The number of nitrogens with one attached hydrogen (secondary N) is 1. The third kappa shape index (κ3) is 3.28. The van der Waals surface area contributed by atoms with Crippen LogP contribution in [0.4, 0.5) is 0 Å². The van der Waals surface area contributed by atoms with Gasteiger partial charge in [0.15, 0.2) is 0 Å². The largest absolute Gasteiger partial charge is 0.440 e. The second-order valence-corrected chi connectivity index (χ2v) is 6.91. The minimum atomic E-state index is -0.0463. The molecule has 6 heteroatoms. The Bertz CT molecular complexity index is 745.